The molecular weight excluding hydrogens is 354 g/mol. The Bertz CT molecular complexity index is 750. The van der Waals surface area contributed by atoms with Crippen LogP contribution in [0, 0.1) is 5.92 Å². The molecule has 27 heavy (non-hydrogen) atoms. The van der Waals surface area contributed by atoms with Gasteiger partial charge < -0.3 is 9.47 Å². The van der Waals surface area contributed by atoms with Crippen LogP contribution < -0.4 is 0 Å². The van der Waals surface area contributed by atoms with Crippen LogP contribution in [0.5, 0.6) is 0 Å². The fraction of sp³-hybridized carbons (Fsp3) is 0.636. The number of nitrogens with zero attached hydrogens (tertiary/aromatic N) is 3. The first-order chi connectivity index (χ1) is 13.1. The number of imidazole rings is 1. The maximum atomic E-state index is 13.5. The van der Waals surface area contributed by atoms with Crippen LogP contribution in [0.15, 0.2) is 29.9 Å². The Kier molecular flexibility index (Phi) is 5.40. The molecular formula is C22H31N3OS. The van der Waals surface area contributed by atoms with Crippen molar-refractivity contribution in [1.29, 1.82) is 0 Å². The second kappa shape index (κ2) is 7.78. The third kappa shape index (κ3) is 3.58. The van der Waals surface area contributed by atoms with E-state index in [9.17, 15) is 4.79 Å². The highest BCUT2D eigenvalue weighted by Crippen LogP contribution is 2.45. The second-order valence-corrected chi connectivity index (χ2v) is 9.54. The van der Waals surface area contributed by atoms with E-state index in [0.717, 1.165) is 45.3 Å². The van der Waals surface area contributed by atoms with Gasteiger partial charge >= 0.3 is 0 Å². The smallest absolute Gasteiger partial charge is 0.234 e. The lowest BCUT2D eigenvalue weighted by atomic mass is 9.82. The Balaban J connectivity index is 1.40. The summed E-state index contributed by atoms with van der Waals surface area (Å²) in [7, 11) is 0. The van der Waals surface area contributed by atoms with Crippen molar-refractivity contribution >= 4 is 17.2 Å². The molecule has 1 saturated carbocycles. The van der Waals surface area contributed by atoms with Gasteiger partial charge in [0.05, 0.1) is 5.41 Å². The lowest BCUT2D eigenvalue weighted by Crippen LogP contribution is -2.48. The maximum absolute atomic E-state index is 13.5. The molecule has 3 heterocycles. The Labute approximate surface area is 166 Å². The van der Waals surface area contributed by atoms with Gasteiger partial charge in [-0.2, -0.15) is 0 Å². The molecule has 0 radical (unpaired) electrons. The SMILES string of the molecule is CC(C)c1nccn1CC1CCN(C(=O)C2(c3cccs3)CCCC2)CC1. The minimum absolute atomic E-state index is 0.226. The number of piperidine rings is 1. The van der Waals surface area contributed by atoms with Gasteiger partial charge in [0.25, 0.3) is 0 Å². The maximum Gasteiger partial charge on any atom is 0.234 e. The molecule has 1 aliphatic heterocycles. The molecule has 1 saturated heterocycles. The minimum Gasteiger partial charge on any atom is -0.342 e. The zero-order valence-corrected chi connectivity index (χ0v) is 17.4. The standard InChI is InChI=1S/C22H31N3OS/c1-17(2)20-23-11-14-25(20)16-18-7-12-24(13-8-18)21(26)22(9-3-4-10-22)19-6-5-15-27-19/h5-6,11,14-15,17-18H,3-4,7-10,12-13,16H2,1-2H3. The molecule has 4 nitrogen and oxygen atoms in total. The van der Waals surface area contributed by atoms with Gasteiger partial charge in [0, 0.05) is 42.8 Å². The predicted molar refractivity (Wildman–Crippen MR) is 110 cm³/mol. The molecule has 0 spiro atoms. The molecule has 0 aromatic carbocycles. The van der Waals surface area contributed by atoms with Crippen molar-refractivity contribution in [3.05, 3.63) is 40.6 Å². The van der Waals surface area contributed by atoms with Crippen LogP contribution in [0.1, 0.15) is 69.0 Å². The summed E-state index contributed by atoms with van der Waals surface area (Å²) >= 11 is 1.76. The zero-order chi connectivity index (χ0) is 18.9. The Morgan fingerprint density at radius 2 is 2.04 bits per heavy atom. The number of likely N-dealkylation sites (tertiary alicyclic amines) is 1. The molecule has 4 rings (SSSR count). The van der Waals surface area contributed by atoms with Crippen molar-refractivity contribution < 1.29 is 4.79 Å². The molecule has 146 valence electrons. The molecule has 2 aromatic rings. The van der Waals surface area contributed by atoms with E-state index in [1.54, 1.807) is 11.3 Å². The van der Waals surface area contributed by atoms with Crippen molar-refractivity contribution in [3.8, 4) is 0 Å². The molecule has 1 aliphatic carbocycles. The van der Waals surface area contributed by atoms with Crippen LogP contribution in [0.4, 0.5) is 0 Å². The molecule has 0 N–H and O–H groups in total. The normalized spacial score (nSPS) is 20.5. The molecule has 2 aromatic heterocycles. The minimum atomic E-state index is -0.226. The van der Waals surface area contributed by atoms with Gasteiger partial charge in [0.1, 0.15) is 5.82 Å². The van der Waals surface area contributed by atoms with E-state index < -0.39 is 0 Å². The van der Waals surface area contributed by atoms with Gasteiger partial charge in [-0.3, -0.25) is 4.79 Å². The summed E-state index contributed by atoms with van der Waals surface area (Å²) in [6.07, 6.45) is 10.6. The molecule has 1 amide bonds. The average Bonchev–Trinajstić information content (AvgIpc) is 3.42. The highest BCUT2D eigenvalue weighted by molar-refractivity contribution is 7.10. The van der Waals surface area contributed by atoms with E-state index in [4.69, 9.17) is 0 Å². The van der Waals surface area contributed by atoms with E-state index in [0.29, 0.717) is 17.7 Å². The van der Waals surface area contributed by atoms with E-state index in [2.05, 4.69) is 52.0 Å². The number of rotatable bonds is 5. The van der Waals surface area contributed by atoms with Crippen molar-refractivity contribution in [3.63, 3.8) is 0 Å². The Morgan fingerprint density at radius 3 is 2.67 bits per heavy atom. The van der Waals surface area contributed by atoms with Crippen LogP contribution >= 0.6 is 11.3 Å². The summed E-state index contributed by atoms with van der Waals surface area (Å²) in [5, 5.41) is 2.12. The van der Waals surface area contributed by atoms with E-state index in [-0.39, 0.29) is 5.41 Å². The van der Waals surface area contributed by atoms with Gasteiger partial charge in [-0.1, -0.05) is 32.8 Å². The van der Waals surface area contributed by atoms with E-state index >= 15 is 0 Å². The van der Waals surface area contributed by atoms with Crippen molar-refractivity contribution in [2.45, 2.75) is 70.3 Å². The van der Waals surface area contributed by atoms with Gasteiger partial charge in [-0.25, -0.2) is 4.98 Å². The van der Waals surface area contributed by atoms with Crippen LogP contribution in [0.2, 0.25) is 0 Å². The topological polar surface area (TPSA) is 38.1 Å². The second-order valence-electron chi connectivity index (χ2n) is 8.59. The summed E-state index contributed by atoms with van der Waals surface area (Å²) < 4.78 is 2.32. The molecule has 0 bridgehead atoms. The summed E-state index contributed by atoms with van der Waals surface area (Å²) in [4.78, 5) is 21.5. The van der Waals surface area contributed by atoms with Crippen LogP contribution in [-0.2, 0) is 16.8 Å². The molecule has 0 unspecified atom stereocenters. The number of hydrogen-bond donors (Lipinski definition) is 0. The van der Waals surface area contributed by atoms with Gasteiger partial charge in [0.2, 0.25) is 5.91 Å². The number of carbonyl (C=O) groups excluding carboxylic acids is 1. The van der Waals surface area contributed by atoms with Crippen molar-refractivity contribution in [1.82, 2.24) is 14.5 Å². The summed E-state index contributed by atoms with van der Waals surface area (Å²) in [5.41, 5.74) is -0.226. The lowest BCUT2D eigenvalue weighted by Gasteiger charge is -2.38. The Hall–Kier alpha value is -1.62. The number of thiophene rings is 1. The van der Waals surface area contributed by atoms with Gasteiger partial charge in [-0.05, 0) is 43.0 Å². The van der Waals surface area contributed by atoms with Gasteiger partial charge in [-0.15, -0.1) is 11.3 Å². The molecule has 2 aliphatic rings. The first-order valence-corrected chi connectivity index (χ1v) is 11.3. The lowest BCUT2D eigenvalue weighted by molar-refractivity contribution is -0.138. The quantitative estimate of drug-likeness (QED) is 0.740. The highest BCUT2D eigenvalue weighted by Gasteiger charge is 2.46. The zero-order valence-electron chi connectivity index (χ0n) is 16.6. The van der Waals surface area contributed by atoms with E-state index in [1.165, 1.54) is 23.5 Å². The Morgan fingerprint density at radius 1 is 1.30 bits per heavy atom. The fourth-order valence-electron chi connectivity index (χ4n) is 4.97. The van der Waals surface area contributed by atoms with Crippen molar-refractivity contribution in [2.24, 2.45) is 5.92 Å². The fourth-order valence-corrected chi connectivity index (χ4v) is 5.95. The van der Waals surface area contributed by atoms with Gasteiger partial charge in [0.15, 0.2) is 0 Å². The first kappa shape index (κ1) is 18.7. The molecule has 2 fully saturated rings. The molecule has 5 heteroatoms. The monoisotopic (exact) mass is 385 g/mol. The van der Waals surface area contributed by atoms with Crippen molar-refractivity contribution in [2.75, 3.05) is 13.1 Å². The number of hydrogen-bond acceptors (Lipinski definition) is 3. The molecule has 0 atom stereocenters. The number of carbonyl (C=O) groups is 1. The van der Waals surface area contributed by atoms with Crippen LogP contribution in [0.3, 0.4) is 0 Å². The highest BCUT2D eigenvalue weighted by atomic mass is 32.1. The third-order valence-corrected chi connectivity index (χ3v) is 7.55. The van der Waals surface area contributed by atoms with Crippen LogP contribution in [0.25, 0.3) is 0 Å². The summed E-state index contributed by atoms with van der Waals surface area (Å²) in [6.45, 7) is 7.24. The van der Waals surface area contributed by atoms with Crippen LogP contribution in [-0.4, -0.2) is 33.4 Å². The largest absolute Gasteiger partial charge is 0.342 e. The number of amides is 1. The number of aromatic nitrogens is 2. The summed E-state index contributed by atoms with van der Waals surface area (Å²) in [5.74, 6) is 2.67. The summed E-state index contributed by atoms with van der Waals surface area (Å²) in [6, 6.07) is 4.27. The predicted octanol–water partition coefficient (Wildman–Crippen LogP) is 4.82. The average molecular weight is 386 g/mol. The third-order valence-electron chi connectivity index (χ3n) is 6.48. The first-order valence-electron chi connectivity index (χ1n) is 10.4. The van der Waals surface area contributed by atoms with E-state index in [1.807, 2.05) is 6.20 Å².